The van der Waals surface area contributed by atoms with Crippen LogP contribution in [0.5, 0.6) is 11.5 Å². The minimum atomic E-state index is -3.53. The molecule has 0 aromatic heterocycles. The monoisotopic (exact) mass is 443 g/mol. The van der Waals surface area contributed by atoms with Crippen LogP contribution in [0.15, 0.2) is 61.2 Å². The highest BCUT2D eigenvalue weighted by Crippen LogP contribution is 2.43. The Morgan fingerprint density at radius 1 is 0.968 bits per heavy atom. The first-order chi connectivity index (χ1) is 14.9. The second kappa shape index (κ2) is 10.3. The van der Waals surface area contributed by atoms with Gasteiger partial charge in [-0.25, -0.2) is 8.42 Å². The fourth-order valence-corrected chi connectivity index (χ4v) is 5.95. The number of allylic oxidation sites excluding steroid dienone is 1. The first kappa shape index (κ1) is 23.4. The first-order valence-corrected chi connectivity index (χ1v) is 12.2. The molecule has 0 spiro atoms. The third kappa shape index (κ3) is 5.89. The predicted octanol–water partition coefficient (Wildman–Crippen LogP) is 5.03. The second-order valence-electron chi connectivity index (χ2n) is 8.24. The second-order valence-corrected chi connectivity index (χ2v) is 10.5. The highest BCUT2D eigenvalue weighted by Gasteiger charge is 2.41. The topological polar surface area (TPSA) is 55.8 Å². The van der Waals surface area contributed by atoms with E-state index in [9.17, 15) is 8.42 Å². The van der Waals surface area contributed by atoms with E-state index in [2.05, 4.69) is 6.58 Å². The molecule has 2 atom stereocenters. The van der Waals surface area contributed by atoms with Crippen LogP contribution < -0.4 is 9.47 Å². The maximum atomic E-state index is 13.8. The molecule has 0 N–H and O–H groups in total. The molecular weight excluding hydrogens is 410 g/mol. The number of ether oxygens (including phenoxy) is 2. The maximum Gasteiger partial charge on any atom is 0.217 e. The van der Waals surface area contributed by atoms with Crippen LogP contribution in [0.1, 0.15) is 37.3 Å². The average Bonchev–Trinajstić information content (AvgIpc) is 3.62. The molecule has 0 unspecified atom stereocenters. The summed E-state index contributed by atoms with van der Waals surface area (Å²) in [7, 11) is -0.293. The van der Waals surface area contributed by atoms with Crippen molar-refractivity contribution in [2.75, 3.05) is 14.2 Å². The molecule has 0 heterocycles. The molecule has 1 aliphatic rings. The zero-order chi connectivity index (χ0) is 22.4. The minimum Gasteiger partial charge on any atom is -0.497 e. The molecule has 0 saturated heterocycles. The van der Waals surface area contributed by atoms with Gasteiger partial charge in [0.15, 0.2) is 0 Å². The van der Waals surface area contributed by atoms with Crippen LogP contribution >= 0.6 is 0 Å². The van der Waals surface area contributed by atoms with Crippen LogP contribution in [-0.4, -0.2) is 32.2 Å². The molecule has 3 rings (SSSR count). The summed E-state index contributed by atoms with van der Waals surface area (Å²) in [5, 5.41) is -0.463. The Labute approximate surface area is 186 Å². The van der Waals surface area contributed by atoms with Gasteiger partial charge < -0.3 is 9.47 Å². The minimum absolute atomic E-state index is 0.108. The van der Waals surface area contributed by atoms with Crippen molar-refractivity contribution in [1.29, 1.82) is 0 Å². The smallest absolute Gasteiger partial charge is 0.217 e. The van der Waals surface area contributed by atoms with Crippen LogP contribution in [0, 0.1) is 11.8 Å². The highest BCUT2D eigenvalue weighted by atomic mass is 32.2. The zero-order valence-corrected chi connectivity index (χ0v) is 19.5. The Hall–Kier alpha value is -2.31. The van der Waals surface area contributed by atoms with Gasteiger partial charge >= 0.3 is 0 Å². The summed E-state index contributed by atoms with van der Waals surface area (Å²) in [6, 6.07) is 15.1. The highest BCUT2D eigenvalue weighted by molar-refractivity contribution is 7.89. The van der Waals surface area contributed by atoms with Crippen LogP contribution in [0.4, 0.5) is 0 Å². The van der Waals surface area contributed by atoms with Gasteiger partial charge in [-0.05, 0) is 73.4 Å². The van der Waals surface area contributed by atoms with Gasteiger partial charge in [0, 0.05) is 13.1 Å². The van der Waals surface area contributed by atoms with E-state index >= 15 is 0 Å². The van der Waals surface area contributed by atoms with E-state index < -0.39 is 15.3 Å². The molecule has 0 radical (unpaired) electrons. The molecule has 2 aromatic carbocycles. The Bertz CT molecular complexity index is 901. The summed E-state index contributed by atoms with van der Waals surface area (Å²) >= 11 is 0. The molecule has 168 valence electrons. The number of methoxy groups -OCH3 is 2. The van der Waals surface area contributed by atoms with Crippen molar-refractivity contribution >= 4 is 10.0 Å². The Morgan fingerprint density at radius 3 is 1.77 bits per heavy atom. The number of benzene rings is 2. The van der Waals surface area contributed by atoms with E-state index in [1.807, 2.05) is 61.5 Å². The molecule has 1 aliphatic carbocycles. The van der Waals surface area contributed by atoms with Crippen molar-refractivity contribution in [3.63, 3.8) is 0 Å². The maximum absolute atomic E-state index is 13.8. The number of nitrogens with zero attached hydrogens (tertiary/aromatic N) is 1. The van der Waals surface area contributed by atoms with Crippen molar-refractivity contribution in [2.24, 2.45) is 11.8 Å². The molecule has 1 saturated carbocycles. The molecule has 5 nitrogen and oxygen atoms in total. The van der Waals surface area contributed by atoms with Crippen LogP contribution in [0.25, 0.3) is 0 Å². The van der Waals surface area contributed by atoms with Gasteiger partial charge in [-0.15, -0.1) is 6.58 Å². The van der Waals surface area contributed by atoms with Gasteiger partial charge in [-0.2, -0.15) is 4.31 Å². The van der Waals surface area contributed by atoms with E-state index in [4.69, 9.17) is 9.47 Å². The van der Waals surface area contributed by atoms with Crippen molar-refractivity contribution < 1.29 is 17.9 Å². The lowest BCUT2D eigenvalue weighted by atomic mass is 9.96. The lowest BCUT2D eigenvalue weighted by Gasteiger charge is -2.30. The molecule has 2 aromatic rings. The summed E-state index contributed by atoms with van der Waals surface area (Å²) in [5.41, 5.74) is 1.86. The molecule has 31 heavy (non-hydrogen) atoms. The van der Waals surface area contributed by atoms with E-state index in [0.717, 1.165) is 41.9 Å². The van der Waals surface area contributed by atoms with Crippen molar-refractivity contribution in [1.82, 2.24) is 4.31 Å². The third-order valence-corrected chi connectivity index (χ3v) is 8.40. The Balaban J connectivity index is 1.88. The summed E-state index contributed by atoms with van der Waals surface area (Å²) in [5.74, 6) is 2.09. The number of hydrogen-bond acceptors (Lipinski definition) is 4. The largest absolute Gasteiger partial charge is 0.497 e. The zero-order valence-electron chi connectivity index (χ0n) is 18.7. The lowest BCUT2D eigenvalue weighted by molar-refractivity contribution is 0.367. The van der Waals surface area contributed by atoms with Gasteiger partial charge in [-0.3, -0.25) is 0 Å². The van der Waals surface area contributed by atoms with E-state index in [1.165, 1.54) is 0 Å². The fraction of sp³-hybridized carbons (Fsp3) is 0.440. The number of sulfonamides is 1. The standard InChI is InChI=1S/C25H33NO4S/c1-5-6-25(22-11-12-22)19(2)31(27,28)26(17-20-7-13-23(29-3)14-8-20)18-21-9-15-24(30-4)16-10-21/h5,7-10,13-16,19,22,25H,1,6,11-12,17-18H2,2-4H3/t19-,25-/m1/s1. The lowest BCUT2D eigenvalue weighted by Crippen LogP contribution is -2.40. The number of rotatable bonds is 12. The molecule has 0 amide bonds. The third-order valence-electron chi connectivity index (χ3n) is 6.13. The normalized spacial score (nSPS) is 16.0. The SMILES string of the molecule is C=CC[C@@H](C1CC1)[C@@H](C)S(=O)(=O)N(Cc1ccc(OC)cc1)Cc1ccc(OC)cc1. The molecule has 6 heteroatoms. The van der Waals surface area contributed by atoms with Crippen LogP contribution in [0.3, 0.4) is 0 Å². The van der Waals surface area contributed by atoms with E-state index in [-0.39, 0.29) is 5.92 Å². The average molecular weight is 444 g/mol. The fourth-order valence-electron chi connectivity index (χ4n) is 4.05. The molecule has 0 aliphatic heterocycles. The van der Waals surface area contributed by atoms with E-state index in [0.29, 0.717) is 19.0 Å². The Kier molecular flexibility index (Phi) is 7.79. The number of hydrogen-bond donors (Lipinski definition) is 0. The van der Waals surface area contributed by atoms with Crippen molar-refractivity contribution in [3.05, 3.63) is 72.3 Å². The summed E-state index contributed by atoms with van der Waals surface area (Å²) in [4.78, 5) is 0. The van der Waals surface area contributed by atoms with Gasteiger partial charge in [0.2, 0.25) is 10.0 Å². The van der Waals surface area contributed by atoms with Gasteiger partial charge in [0.25, 0.3) is 0 Å². The van der Waals surface area contributed by atoms with Gasteiger partial charge in [-0.1, -0.05) is 30.3 Å². The van der Waals surface area contributed by atoms with Gasteiger partial charge in [0.05, 0.1) is 19.5 Å². The summed E-state index contributed by atoms with van der Waals surface area (Å²) < 4.78 is 39.6. The quantitative estimate of drug-likeness (QED) is 0.432. The predicted molar refractivity (Wildman–Crippen MR) is 125 cm³/mol. The van der Waals surface area contributed by atoms with E-state index in [1.54, 1.807) is 18.5 Å². The molecular formula is C25H33NO4S. The Morgan fingerprint density at radius 2 is 1.42 bits per heavy atom. The van der Waals surface area contributed by atoms with Crippen LogP contribution in [-0.2, 0) is 23.1 Å². The molecule has 0 bridgehead atoms. The first-order valence-electron chi connectivity index (χ1n) is 10.7. The van der Waals surface area contributed by atoms with Crippen LogP contribution in [0.2, 0.25) is 0 Å². The van der Waals surface area contributed by atoms with Crippen molar-refractivity contribution in [2.45, 2.75) is 44.5 Å². The summed E-state index contributed by atoms with van der Waals surface area (Å²) in [6.07, 6.45) is 4.79. The van der Waals surface area contributed by atoms with Gasteiger partial charge in [0.1, 0.15) is 11.5 Å². The van der Waals surface area contributed by atoms with Crippen molar-refractivity contribution in [3.8, 4) is 11.5 Å². The summed E-state index contributed by atoms with van der Waals surface area (Å²) in [6.45, 7) is 6.34. The molecule has 1 fully saturated rings.